The second-order valence-corrected chi connectivity index (χ2v) is 5.53. The number of aromatic nitrogens is 5. The van der Waals surface area contributed by atoms with Crippen LogP contribution in [-0.4, -0.2) is 43.6 Å². The number of rotatable bonds is 3. The molecule has 22 heavy (non-hydrogen) atoms. The lowest BCUT2D eigenvalue weighted by atomic mass is 10.3. The minimum atomic E-state index is -0.00795. The van der Waals surface area contributed by atoms with Gasteiger partial charge in [-0.1, -0.05) is 0 Å². The van der Waals surface area contributed by atoms with Crippen molar-refractivity contribution in [3.8, 4) is 11.6 Å². The third kappa shape index (κ3) is 2.32. The lowest BCUT2D eigenvalue weighted by Crippen LogP contribution is -2.17. The van der Waals surface area contributed by atoms with E-state index in [1.165, 1.54) is 0 Å². The Morgan fingerprint density at radius 2 is 2.32 bits per heavy atom. The average Bonchev–Trinajstić information content (AvgIpc) is 3.18. The molecule has 0 amide bonds. The molecule has 4 rings (SSSR count). The fourth-order valence-electron chi connectivity index (χ4n) is 2.58. The molecule has 114 valence electrons. The van der Waals surface area contributed by atoms with Crippen molar-refractivity contribution < 1.29 is 9.47 Å². The Morgan fingerprint density at radius 3 is 3.05 bits per heavy atom. The van der Waals surface area contributed by atoms with Crippen LogP contribution in [0.15, 0.2) is 24.7 Å². The number of hydrogen-bond acceptors (Lipinski definition) is 5. The number of aryl methyl sites for hydroxylation is 1. The number of nitrogens with zero attached hydrogens (tertiary/aromatic N) is 5. The van der Waals surface area contributed by atoms with Crippen molar-refractivity contribution in [3.05, 3.63) is 29.9 Å². The van der Waals surface area contributed by atoms with Gasteiger partial charge in [0.25, 0.3) is 0 Å². The summed E-state index contributed by atoms with van der Waals surface area (Å²) in [6, 6.07) is 1.88. The van der Waals surface area contributed by atoms with Crippen molar-refractivity contribution in [1.29, 1.82) is 0 Å². The highest BCUT2D eigenvalue weighted by atomic mass is 35.5. The van der Waals surface area contributed by atoms with Crippen LogP contribution >= 0.6 is 11.6 Å². The van der Waals surface area contributed by atoms with Crippen molar-refractivity contribution in [2.75, 3.05) is 13.2 Å². The predicted octanol–water partition coefficient (Wildman–Crippen LogP) is 1.98. The summed E-state index contributed by atoms with van der Waals surface area (Å²) in [4.78, 5) is 8.52. The number of hydrogen-bond donors (Lipinski definition) is 0. The Bertz CT molecular complexity index is 822. The molecule has 4 heterocycles. The van der Waals surface area contributed by atoms with E-state index in [1.807, 2.05) is 30.1 Å². The molecule has 1 atom stereocenters. The van der Waals surface area contributed by atoms with Crippen molar-refractivity contribution in [2.24, 2.45) is 7.05 Å². The minimum Gasteiger partial charge on any atom is -0.470 e. The molecule has 0 unspecified atom stereocenters. The average molecular weight is 320 g/mol. The Labute approximate surface area is 131 Å². The molecule has 1 saturated heterocycles. The summed E-state index contributed by atoms with van der Waals surface area (Å²) in [7, 11) is 1.87. The second-order valence-electron chi connectivity index (χ2n) is 5.19. The third-order valence-corrected chi connectivity index (χ3v) is 3.78. The summed E-state index contributed by atoms with van der Waals surface area (Å²) in [6.07, 6.45) is 6.43. The van der Waals surface area contributed by atoms with Crippen molar-refractivity contribution in [1.82, 2.24) is 24.3 Å². The van der Waals surface area contributed by atoms with Gasteiger partial charge in [-0.3, -0.25) is 4.68 Å². The van der Waals surface area contributed by atoms with Crippen LogP contribution in [0.5, 0.6) is 5.88 Å². The van der Waals surface area contributed by atoms with Crippen LogP contribution in [0, 0.1) is 0 Å². The van der Waals surface area contributed by atoms with E-state index in [1.54, 1.807) is 10.9 Å². The summed E-state index contributed by atoms with van der Waals surface area (Å²) >= 11 is 6.01. The molecule has 0 radical (unpaired) electrons. The third-order valence-electron chi connectivity index (χ3n) is 3.61. The zero-order valence-corrected chi connectivity index (χ0v) is 12.7. The first-order valence-electron chi connectivity index (χ1n) is 6.99. The smallest absolute Gasteiger partial charge is 0.243 e. The second kappa shape index (κ2) is 5.26. The fourth-order valence-corrected chi connectivity index (χ4v) is 2.75. The van der Waals surface area contributed by atoms with E-state index < -0.39 is 0 Å². The van der Waals surface area contributed by atoms with E-state index in [0.717, 1.165) is 23.1 Å². The molecule has 1 fully saturated rings. The molecule has 0 N–H and O–H groups in total. The minimum absolute atomic E-state index is 0.00795. The zero-order valence-electron chi connectivity index (χ0n) is 11.9. The first-order valence-corrected chi connectivity index (χ1v) is 7.36. The van der Waals surface area contributed by atoms with Gasteiger partial charge in [0.2, 0.25) is 11.2 Å². The van der Waals surface area contributed by atoms with Gasteiger partial charge in [0.1, 0.15) is 11.6 Å². The topological polar surface area (TPSA) is 67.0 Å². The van der Waals surface area contributed by atoms with Crippen LogP contribution < -0.4 is 4.74 Å². The molecule has 0 saturated carbocycles. The molecule has 7 nitrogen and oxygen atoms in total. The van der Waals surface area contributed by atoms with Gasteiger partial charge in [0, 0.05) is 25.9 Å². The number of ether oxygens (including phenoxy) is 2. The van der Waals surface area contributed by atoms with Crippen LogP contribution in [0.3, 0.4) is 0 Å². The maximum absolute atomic E-state index is 6.01. The SMILES string of the molecule is Cn1cc(-n2ccc3nc(Cl)nc(O[C@H]4CCOC4)c32)cn1. The first-order chi connectivity index (χ1) is 10.7. The quantitative estimate of drug-likeness (QED) is 0.691. The molecule has 1 aliphatic heterocycles. The maximum Gasteiger partial charge on any atom is 0.243 e. The molecule has 0 aromatic carbocycles. The van der Waals surface area contributed by atoms with Gasteiger partial charge >= 0.3 is 0 Å². The molecule has 3 aromatic rings. The Morgan fingerprint density at radius 1 is 1.41 bits per heavy atom. The van der Waals surface area contributed by atoms with Gasteiger partial charge in [-0.25, -0.2) is 4.98 Å². The molecule has 0 aliphatic carbocycles. The number of fused-ring (bicyclic) bond motifs is 1. The monoisotopic (exact) mass is 319 g/mol. The lowest BCUT2D eigenvalue weighted by molar-refractivity contribution is 0.139. The van der Waals surface area contributed by atoms with E-state index >= 15 is 0 Å². The van der Waals surface area contributed by atoms with Crippen LogP contribution in [0.1, 0.15) is 6.42 Å². The Balaban J connectivity index is 1.84. The highest BCUT2D eigenvalue weighted by molar-refractivity contribution is 6.28. The fraction of sp³-hybridized carbons (Fsp3) is 0.357. The normalized spacial score (nSPS) is 18.2. The van der Waals surface area contributed by atoms with Gasteiger partial charge in [0.05, 0.1) is 30.6 Å². The molecule has 3 aromatic heterocycles. The van der Waals surface area contributed by atoms with E-state index in [2.05, 4.69) is 15.1 Å². The van der Waals surface area contributed by atoms with E-state index in [4.69, 9.17) is 21.1 Å². The van der Waals surface area contributed by atoms with Crippen LogP contribution in [0.2, 0.25) is 5.28 Å². The largest absolute Gasteiger partial charge is 0.470 e. The van der Waals surface area contributed by atoms with Gasteiger partial charge in [-0.2, -0.15) is 10.1 Å². The summed E-state index contributed by atoms with van der Waals surface area (Å²) in [5, 5.41) is 4.37. The van der Waals surface area contributed by atoms with Crippen LogP contribution in [0.4, 0.5) is 0 Å². The summed E-state index contributed by atoms with van der Waals surface area (Å²) in [5.41, 5.74) is 2.43. The van der Waals surface area contributed by atoms with Crippen molar-refractivity contribution in [2.45, 2.75) is 12.5 Å². The van der Waals surface area contributed by atoms with Crippen LogP contribution in [0.25, 0.3) is 16.7 Å². The standard InChI is InChI=1S/C14H14ClN5O2/c1-19-7-9(6-16-19)20-4-2-11-12(20)13(18-14(15)17-11)22-10-3-5-21-8-10/h2,4,6-7,10H,3,5,8H2,1H3/t10-/m0/s1. The summed E-state index contributed by atoms with van der Waals surface area (Å²) in [6.45, 7) is 1.27. The van der Waals surface area contributed by atoms with Crippen molar-refractivity contribution >= 4 is 22.6 Å². The Kier molecular flexibility index (Phi) is 3.24. The van der Waals surface area contributed by atoms with Gasteiger partial charge in [-0.15, -0.1) is 0 Å². The van der Waals surface area contributed by atoms with E-state index in [0.29, 0.717) is 19.1 Å². The molecule has 1 aliphatic rings. The van der Waals surface area contributed by atoms with Gasteiger partial charge in [-0.05, 0) is 17.7 Å². The lowest BCUT2D eigenvalue weighted by Gasteiger charge is -2.13. The maximum atomic E-state index is 6.01. The summed E-state index contributed by atoms with van der Waals surface area (Å²) < 4.78 is 15.0. The molecule has 0 bridgehead atoms. The highest BCUT2D eigenvalue weighted by Gasteiger charge is 2.22. The summed E-state index contributed by atoms with van der Waals surface area (Å²) in [5.74, 6) is 0.472. The Hall–Kier alpha value is -2.12. The van der Waals surface area contributed by atoms with Crippen LogP contribution in [-0.2, 0) is 11.8 Å². The molecule has 8 heteroatoms. The van der Waals surface area contributed by atoms with E-state index in [9.17, 15) is 0 Å². The number of halogens is 1. The highest BCUT2D eigenvalue weighted by Crippen LogP contribution is 2.29. The molecular formula is C14H14ClN5O2. The molecular weight excluding hydrogens is 306 g/mol. The zero-order chi connectivity index (χ0) is 15.1. The van der Waals surface area contributed by atoms with Gasteiger partial charge < -0.3 is 14.0 Å². The molecule has 0 spiro atoms. The van der Waals surface area contributed by atoms with Crippen molar-refractivity contribution in [3.63, 3.8) is 0 Å². The predicted molar refractivity (Wildman–Crippen MR) is 80.5 cm³/mol. The first kappa shape index (κ1) is 13.5. The van der Waals surface area contributed by atoms with E-state index in [-0.39, 0.29) is 11.4 Å². The van der Waals surface area contributed by atoms with Gasteiger partial charge in [0.15, 0.2) is 0 Å².